The number of nitrogens with zero attached hydrogens (tertiary/aromatic N) is 4. The normalized spacial score (nSPS) is 24.6. The van der Waals surface area contributed by atoms with Gasteiger partial charge in [0.15, 0.2) is 5.65 Å². The van der Waals surface area contributed by atoms with Crippen LogP contribution in [0.15, 0.2) is 0 Å². The molecule has 0 radical (unpaired) electrons. The van der Waals surface area contributed by atoms with Gasteiger partial charge in [0, 0.05) is 38.3 Å². The van der Waals surface area contributed by atoms with E-state index in [-0.39, 0.29) is 11.9 Å². The fraction of sp³-hybridized carbons (Fsp3) is 0.650. The molecule has 4 rings (SSSR count). The van der Waals surface area contributed by atoms with Gasteiger partial charge in [-0.2, -0.15) is 0 Å². The number of rotatable bonds is 4. The number of aryl methyl sites for hydroxylation is 3. The third-order valence-corrected chi connectivity index (χ3v) is 6.57. The second-order valence-corrected chi connectivity index (χ2v) is 8.10. The fourth-order valence-electron chi connectivity index (χ4n) is 5.01. The lowest BCUT2D eigenvalue weighted by molar-refractivity contribution is -0.130. The van der Waals surface area contributed by atoms with Gasteiger partial charge >= 0.3 is 0 Å². The van der Waals surface area contributed by atoms with Crippen molar-refractivity contribution in [1.82, 2.24) is 19.7 Å². The summed E-state index contributed by atoms with van der Waals surface area (Å²) < 4.78 is 7.17. The SMILES string of the molecule is COc1nn(C)c2nc(C)c(CCC(=O)N3CC4CCC(N)C4C3)c(C)c12. The average Bonchev–Trinajstić information content (AvgIpc) is 3.30. The molecular formula is C20H29N5O2. The van der Waals surface area contributed by atoms with E-state index in [1.54, 1.807) is 11.8 Å². The van der Waals surface area contributed by atoms with Crippen molar-refractivity contribution in [2.45, 2.75) is 45.6 Å². The summed E-state index contributed by atoms with van der Waals surface area (Å²) in [5.74, 6) is 1.92. The van der Waals surface area contributed by atoms with Crippen molar-refractivity contribution in [2.24, 2.45) is 24.6 Å². The fourth-order valence-corrected chi connectivity index (χ4v) is 5.01. The topological polar surface area (TPSA) is 86.3 Å². The Kier molecular flexibility index (Phi) is 4.58. The Morgan fingerprint density at radius 3 is 2.78 bits per heavy atom. The Bertz CT molecular complexity index is 890. The summed E-state index contributed by atoms with van der Waals surface area (Å²) in [6.07, 6.45) is 3.46. The van der Waals surface area contributed by atoms with Gasteiger partial charge in [-0.1, -0.05) is 0 Å². The molecule has 27 heavy (non-hydrogen) atoms. The molecule has 2 fully saturated rings. The molecule has 1 saturated heterocycles. The van der Waals surface area contributed by atoms with E-state index in [0.29, 0.717) is 30.6 Å². The third kappa shape index (κ3) is 2.98. The van der Waals surface area contributed by atoms with Crippen molar-refractivity contribution in [3.63, 3.8) is 0 Å². The summed E-state index contributed by atoms with van der Waals surface area (Å²) in [6, 6.07) is 0.266. The minimum atomic E-state index is 0.230. The number of hydrogen-bond acceptors (Lipinski definition) is 5. The van der Waals surface area contributed by atoms with Gasteiger partial charge in [-0.25, -0.2) is 9.67 Å². The molecule has 2 N–H and O–H groups in total. The van der Waals surface area contributed by atoms with Crippen molar-refractivity contribution in [1.29, 1.82) is 0 Å². The molecule has 7 nitrogen and oxygen atoms in total. The van der Waals surface area contributed by atoms with Crippen LogP contribution in [-0.4, -0.2) is 51.8 Å². The molecule has 2 aromatic rings. The van der Waals surface area contributed by atoms with Gasteiger partial charge in [0.1, 0.15) is 0 Å². The zero-order valence-corrected chi connectivity index (χ0v) is 16.7. The van der Waals surface area contributed by atoms with Crippen LogP contribution in [-0.2, 0) is 18.3 Å². The highest BCUT2D eigenvalue weighted by Gasteiger charge is 2.42. The highest BCUT2D eigenvalue weighted by atomic mass is 16.5. The molecule has 1 aliphatic carbocycles. The number of amides is 1. The van der Waals surface area contributed by atoms with Crippen molar-refractivity contribution in [3.05, 3.63) is 16.8 Å². The maximum absolute atomic E-state index is 12.8. The lowest BCUT2D eigenvalue weighted by atomic mass is 9.98. The smallest absolute Gasteiger partial charge is 0.242 e. The monoisotopic (exact) mass is 371 g/mol. The molecule has 3 heterocycles. The number of methoxy groups -OCH3 is 1. The number of hydrogen-bond donors (Lipinski definition) is 1. The van der Waals surface area contributed by atoms with Crippen molar-refractivity contribution in [3.8, 4) is 5.88 Å². The predicted octanol–water partition coefficient (Wildman–Crippen LogP) is 1.72. The molecule has 0 aromatic carbocycles. The lowest BCUT2D eigenvalue weighted by Crippen LogP contribution is -2.33. The highest BCUT2D eigenvalue weighted by molar-refractivity contribution is 5.86. The van der Waals surface area contributed by atoms with Gasteiger partial charge in [0.25, 0.3) is 0 Å². The Hall–Kier alpha value is -2.15. The Morgan fingerprint density at radius 1 is 1.30 bits per heavy atom. The van der Waals surface area contributed by atoms with Crippen molar-refractivity contribution in [2.75, 3.05) is 20.2 Å². The summed E-state index contributed by atoms with van der Waals surface area (Å²) in [6.45, 7) is 5.78. The Labute approximate surface area is 159 Å². The molecule has 0 bridgehead atoms. The summed E-state index contributed by atoms with van der Waals surface area (Å²) in [5, 5.41) is 5.33. The van der Waals surface area contributed by atoms with E-state index in [2.05, 4.69) is 12.0 Å². The van der Waals surface area contributed by atoms with Gasteiger partial charge in [0.2, 0.25) is 11.8 Å². The van der Waals surface area contributed by atoms with Gasteiger partial charge in [-0.15, -0.1) is 5.10 Å². The van der Waals surface area contributed by atoms with E-state index in [9.17, 15) is 4.79 Å². The van der Waals surface area contributed by atoms with Crippen LogP contribution in [0.5, 0.6) is 5.88 Å². The zero-order valence-electron chi connectivity index (χ0n) is 16.7. The molecule has 146 valence electrons. The van der Waals surface area contributed by atoms with Crippen LogP contribution in [0, 0.1) is 25.7 Å². The zero-order chi connectivity index (χ0) is 19.3. The molecule has 7 heteroatoms. The minimum Gasteiger partial charge on any atom is -0.479 e. The number of nitrogens with two attached hydrogens (primary N) is 1. The van der Waals surface area contributed by atoms with Crippen LogP contribution in [0.25, 0.3) is 11.0 Å². The summed E-state index contributed by atoms with van der Waals surface area (Å²) in [7, 11) is 3.49. The largest absolute Gasteiger partial charge is 0.479 e. The van der Waals surface area contributed by atoms with E-state index in [1.165, 1.54) is 0 Å². The maximum Gasteiger partial charge on any atom is 0.242 e. The van der Waals surface area contributed by atoms with E-state index in [4.69, 9.17) is 15.5 Å². The minimum absolute atomic E-state index is 0.230. The van der Waals surface area contributed by atoms with E-state index < -0.39 is 0 Å². The van der Waals surface area contributed by atoms with Crippen LogP contribution in [0.4, 0.5) is 0 Å². The van der Waals surface area contributed by atoms with Crippen LogP contribution >= 0.6 is 0 Å². The molecule has 2 aliphatic rings. The van der Waals surface area contributed by atoms with E-state index in [1.807, 2.05) is 18.9 Å². The molecule has 3 unspecified atom stereocenters. The molecule has 1 saturated carbocycles. The maximum atomic E-state index is 12.8. The quantitative estimate of drug-likeness (QED) is 0.884. The van der Waals surface area contributed by atoms with Crippen molar-refractivity contribution < 1.29 is 9.53 Å². The Morgan fingerprint density at radius 2 is 2.07 bits per heavy atom. The summed E-state index contributed by atoms with van der Waals surface area (Å²) in [5.41, 5.74) is 10.2. The van der Waals surface area contributed by atoms with Crippen LogP contribution in [0.3, 0.4) is 0 Å². The first-order valence-electron chi connectivity index (χ1n) is 9.80. The van der Waals surface area contributed by atoms with Crippen molar-refractivity contribution >= 4 is 16.9 Å². The standard InChI is InChI=1S/C20H29N5O2/c1-11-14(12(2)22-19-18(11)20(27-4)23-24(19)3)6-8-17(26)25-9-13-5-7-16(21)15(13)10-25/h13,15-16H,5-10,21H2,1-4H3. The van der Waals surface area contributed by atoms with E-state index in [0.717, 1.165) is 53.8 Å². The van der Waals surface area contributed by atoms with E-state index >= 15 is 0 Å². The molecule has 2 aromatic heterocycles. The summed E-state index contributed by atoms with van der Waals surface area (Å²) in [4.78, 5) is 19.5. The molecule has 0 spiro atoms. The number of fused-ring (bicyclic) bond motifs is 2. The third-order valence-electron chi connectivity index (χ3n) is 6.57. The Balaban J connectivity index is 1.51. The summed E-state index contributed by atoms with van der Waals surface area (Å²) >= 11 is 0. The first kappa shape index (κ1) is 18.2. The average molecular weight is 371 g/mol. The highest BCUT2D eigenvalue weighted by Crippen LogP contribution is 2.37. The number of aromatic nitrogens is 3. The first-order valence-corrected chi connectivity index (χ1v) is 9.80. The molecule has 1 aliphatic heterocycles. The molecule has 3 atom stereocenters. The number of carbonyl (C=O) groups excluding carboxylic acids is 1. The molecular weight excluding hydrogens is 342 g/mol. The lowest BCUT2D eigenvalue weighted by Gasteiger charge is -2.19. The van der Waals surface area contributed by atoms with Gasteiger partial charge < -0.3 is 15.4 Å². The number of pyridine rings is 1. The number of ether oxygens (including phenoxy) is 1. The second-order valence-electron chi connectivity index (χ2n) is 8.10. The van der Waals surface area contributed by atoms with Gasteiger partial charge in [-0.05, 0) is 56.1 Å². The second kappa shape index (κ2) is 6.78. The predicted molar refractivity (Wildman–Crippen MR) is 104 cm³/mol. The van der Waals surface area contributed by atoms with Crippen LogP contribution < -0.4 is 10.5 Å². The van der Waals surface area contributed by atoms with Crippen LogP contribution in [0.1, 0.15) is 36.1 Å². The number of likely N-dealkylation sites (tertiary alicyclic amines) is 1. The first-order chi connectivity index (χ1) is 12.9. The number of carbonyl (C=O) groups is 1. The van der Waals surface area contributed by atoms with Gasteiger partial charge in [0.05, 0.1) is 12.5 Å². The van der Waals surface area contributed by atoms with Crippen LogP contribution in [0.2, 0.25) is 0 Å². The van der Waals surface area contributed by atoms with Gasteiger partial charge in [-0.3, -0.25) is 4.79 Å². The molecule has 1 amide bonds.